The van der Waals surface area contributed by atoms with Crippen LogP contribution in [0.2, 0.25) is 0 Å². The minimum absolute atomic E-state index is 0.0492. The molecule has 0 aromatic rings. The van der Waals surface area contributed by atoms with E-state index in [2.05, 4.69) is 26.0 Å². The summed E-state index contributed by atoms with van der Waals surface area (Å²) in [6, 6.07) is -0.611. The van der Waals surface area contributed by atoms with Crippen LogP contribution in [0.15, 0.2) is 12.2 Å². The van der Waals surface area contributed by atoms with Gasteiger partial charge in [-0.05, 0) is 38.5 Å². The molecule has 0 rings (SSSR count). The lowest BCUT2D eigenvalue weighted by molar-refractivity contribution is -0.887. The summed E-state index contributed by atoms with van der Waals surface area (Å²) < 4.78 is 17.3. The standard InChI is InChI=1S/C48H91NO7/c1-6-8-10-12-14-16-18-20-22-23-24-25-27-28-30-32-34-36-38-46(50)55-43-44(42-54-41-40-45(48(52)53)49(3,4)5)56-47(51)39-37-35-33-31-29-26-21-19-17-15-13-11-9-7-2/h24-25,44-45H,6-23,26-43H2,1-5H3/p+1/b25-24+. The van der Waals surface area contributed by atoms with Crippen LogP contribution in [-0.4, -0.2) is 80.6 Å². The Morgan fingerprint density at radius 1 is 0.518 bits per heavy atom. The van der Waals surface area contributed by atoms with E-state index < -0.39 is 18.1 Å². The summed E-state index contributed by atoms with van der Waals surface area (Å²) in [4.78, 5) is 37.0. The Bertz CT molecular complexity index is 931. The maximum absolute atomic E-state index is 12.7. The number of unbranched alkanes of at least 4 members (excludes halogenated alkanes) is 27. The van der Waals surface area contributed by atoms with Gasteiger partial charge in [0.25, 0.3) is 0 Å². The summed E-state index contributed by atoms with van der Waals surface area (Å²) in [7, 11) is 5.54. The highest BCUT2D eigenvalue weighted by atomic mass is 16.6. The molecule has 0 aliphatic heterocycles. The predicted octanol–water partition coefficient (Wildman–Crippen LogP) is 13.1. The zero-order chi connectivity index (χ0) is 41.4. The maximum Gasteiger partial charge on any atom is 0.362 e. The lowest BCUT2D eigenvalue weighted by Gasteiger charge is -2.31. The third-order valence-electron chi connectivity index (χ3n) is 10.9. The molecule has 56 heavy (non-hydrogen) atoms. The lowest BCUT2D eigenvalue weighted by Crippen LogP contribution is -2.50. The highest BCUT2D eigenvalue weighted by molar-refractivity contribution is 5.72. The number of allylic oxidation sites excluding steroid dienone is 2. The summed E-state index contributed by atoms with van der Waals surface area (Å²) in [6.07, 6.45) is 42.5. The number of carbonyl (C=O) groups is 3. The molecule has 2 unspecified atom stereocenters. The molecule has 0 saturated carbocycles. The Morgan fingerprint density at radius 2 is 0.893 bits per heavy atom. The first-order valence-electron chi connectivity index (χ1n) is 23.7. The number of hydrogen-bond donors (Lipinski definition) is 1. The molecule has 8 heteroatoms. The zero-order valence-electron chi connectivity index (χ0n) is 37.6. The third-order valence-corrected chi connectivity index (χ3v) is 10.9. The number of ether oxygens (including phenoxy) is 3. The number of carboxylic acid groups (broad SMARTS) is 1. The van der Waals surface area contributed by atoms with Gasteiger partial charge in [-0.15, -0.1) is 0 Å². The van der Waals surface area contributed by atoms with Gasteiger partial charge < -0.3 is 23.8 Å². The average molecular weight is 795 g/mol. The predicted molar refractivity (Wildman–Crippen MR) is 234 cm³/mol. The second-order valence-electron chi connectivity index (χ2n) is 17.4. The largest absolute Gasteiger partial charge is 0.477 e. The van der Waals surface area contributed by atoms with E-state index in [0.717, 1.165) is 44.9 Å². The van der Waals surface area contributed by atoms with Crippen LogP contribution >= 0.6 is 0 Å². The van der Waals surface area contributed by atoms with Gasteiger partial charge in [-0.25, -0.2) is 4.79 Å². The van der Waals surface area contributed by atoms with Crippen molar-refractivity contribution in [3.63, 3.8) is 0 Å². The number of carboxylic acids is 1. The fraction of sp³-hybridized carbons (Fsp3) is 0.896. The number of carbonyl (C=O) groups excluding carboxylic acids is 2. The summed E-state index contributed by atoms with van der Waals surface area (Å²) >= 11 is 0. The number of quaternary nitrogens is 1. The molecule has 0 heterocycles. The second-order valence-corrected chi connectivity index (χ2v) is 17.4. The Kier molecular flexibility index (Phi) is 38.5. The minimum atomic E-state index is -0.873. The normalized spacial score (nSPS) is 12.9. The van der Waals surface area contributed by atoms with Gasteiger partial charge in [0, 0.05) is 19.3 Å². The number of nitrogens with zero attached hydrogens (tertiary/aromatic N) is 1. The minimum Gasteiger partial charge on any atom is -0.477 e. The molecule has 0 saturated heterocycles. The Balaban J connectivity index is 4.27. The topological polar surface area (TPSA) is 99.1 Å². The molecule has 0 aromatic heterocycles. The molecule has 2 atom stereocenters. The Morgan fingerprint density at radius 3 is 1.29 bits per heavy atom. The van der Waals surface area contributed by atoms with E-state index in [0.29, 0.717) is 19.3 Å². The van der Waals surface area contributed by atoms with Crippen molar-refractivity contribution in [3.8, 4) is 0 Å². The van der Waals surface area contributed by atoms with E-state index >= 15 is 0 Å². The lowest BCUT2D eigenvalue weighted by atomic mass is 10.0. The number of esters is 2. The number of likely N-dealkylation sites (N-methyl/N-ethyl adjacent to an activating group) is 1. The van der Waals surface area contributed by atoms with Gasteiger partial charge in [-0.2, -0.15) is 0 Å². The van der Waals surface area contributed by atoms with E-state index in [1.54, 1.807) is 0 Å². The summed E-state index contributed by atoms with van der Waals surface area (Å²) in [5, 5.41) is 9.63. The van der Waals surface area contributed by atoms with E-state index in [1.165, 1.54) is 148 Å². The molecule has 0 aromatic carbocycles. The maximum atomic E-state index is 12.7. The highest BCUT2D eigenvalue weighted by Crippen LogP contribution is 2.16. The van der Waals surface area contributed by atoms with Gasteiger partial charge in [0.2, 0.25) is 0 Å². The van der Waals surface area contributed by atoms with Crippen molar-refractivity contribution >= 4 is 17.9 Å². The fourth-order valence-corrected chi connectivity index (χ4v) is 7.21. The highest BCUT2D eigenvalue weighted by Gasteiger charge is 2.31. The van der Waals surface area contributed by atoms with Gasteiger partial charge in [0.1, 0.15) is 6.61 Å². The molecule has 8 nitrogen and oxygen atoms in total. The molecule has 0 radical (unpaired) electrons. The molecule has 0 spiro atoms. The first kappa shape index (κ1) is 54.1. The fourth-order valence-electron chi connectivity index (χ4n) is 7.21. The van der Waals surface area contributed by atoms with Crippen LogP contribution in [0.5, 0.6) is 0 Å². The smallest absolute Gasteiger partial charge is 0.362 e. The van der Waals surface area contributed by atoms with Crippen LogP contribution in [-0.2, 0) is 28.6 Å². The molecule has 0 fully saturated rings. The van der Waals surface area contributed by atoms with E-state index in [9.17, 15) is 19.5 Å². The molecule has 330 valence electrons. The first-order valence-corrected chi connectivity index (χ1v) is 23.7. The first-order chi connectivity index (χ1) is 27.1. The van der Waals surface area contributed by atoms with Crippen LogP contribution in [0.3, 0.4) is 0 Å². The molecular weight excluding hydrogens is 703 g/mol. The molecule has 0 bridgehead atoms. The van der Waals surface area contributed by atoms with Gasteiger partial charge in [-0.3, -0.25) is 9.59 Å². The average Bonchev–Trinajstić information content (AvgIpc) is 3.15. The molecule has 0 aliphatic carbocycles. The van der Waals surface area contributed by atoms with Gasteiger partial charge in [0.05, 0.1) is 34.4 Å². The van der Waals surface area contributed by atoms with Crippen LogP contribution in [0, 0.1) is 0 Å². The molecule has 1 N–H and O–H groups in total. The monoisotopic (exact) mass is 795 g/mol. The third kappa shape index (κ3) is 37.6. The summed E-state index contributed by atoms with van der Waals surface area (Å²) in [5.41, 5.74) is 0. The Hall–Kier alpha value is -1.93. The molecule has 0 aliphatic rings. The Labute approximate surface area is 346 Å². The summed E-state index contributed by atoms with van der Waals surface area (Å²) in [6.45, 7) is 4.76. The van der Waals surface area contributed by atoms with Crippen LogP contribution in [0.25, 0.3) is 0 Å². The molecular formula is C48H92NO7+. The SMILES string of the molecule is CCCCCCCCCCC/C=C/CCCCCCCC(=O)OCC(COCCC(C(=O)O)[N+](C)(C)C)OC(=O)CCCCCCCCCCCCCCCC. The summed E-state index contributed by atoms with van der Waals surface area (Å²) in [5.74, 6) is -1.46. The van der Waals surface area contributed by atoms with E-state index in [-0.39, 0.29) is 36.2 Å². The van der Waals surface area contributed by atoms with Crippen LogP contribution in [0.4, 0.5) is 0 Å². The molecule has 0 amide bonds. The van der Waals surface area contributed by atoms with E-state index in [4.69, 9.17) is 14.2 Å². The van der Waals surface area contributed by atoms with Crippen LogP contribution < -0.4 is 0 Å². The van der Waals surface area contributed by atoms with Crippen LogP contribution in [0.1, 0.15) is 226 Å². The number of rotatable bonds is 43. The quantitative estimate of drug-likeness (QED) is 0.0284. The van der Waals surface area contributed by atoms with Gasteiger partial charge in [-0.1, -0.05) is 180 Å². The van der Waals surface area contributed by atoms with E-state index in [1.807, 2.05) is 21.1 Å². The number of hydrogen-bond acceptors (Lipinski definition) is 6. The van der Waals surface area contributed by atoms with Crippen molar-refractivity contribution in [2.45, 2.75) is 238 Å². The van der Waals surface area contributed by atoms with Gasteiger partial charge >= 0.3 is 17.9 Å². The number of aliphatic carboxylic acids is 1. The van der Waals surface area contributed by atoms with Crippen molar-refractivity contribution in [2.24, 2.45) is 0 Å². The second kappa shape index (κ2) is 39.9. The van der Waals surface area contributed by atoms with Crippen molar-refractivity contribution in [3.05, 3.63) is 12.2 Å². The zero-order valence-corrected chi connectivity index (χ0v) is 37.6. The van der Waals surface area contributed by atoms with Crippen molar-refractivity contribution < 1.29 is 38.2 Å². The van der Waals surface area contributed by atoms with Gasteiger partial charge in [0.15, 0.2) is 12.1 Å². The van der Waals surface area contributed by atoms with Crippen molar-refractivity contribution in [1.82, 2.24) is 0 Å². The van der Waals surface area contributed by atoms with Crippen molar-refractivity contribution in [1.29, 1.82) is 0 Å². The van der Waals surface area contributed by atoms with Crippen molar-refractivity contribution in [2.75, 3.05) is 41.0 Å².